The van der Waals surface area contributed by atoms with Crippen LogP contribution in [0.25, 0.3) is 5.65 Å². The van der Waals surface area contributed by atoms with Gasteiger partial charge in [-0.25, -0.2) is 9.37 Å². The minimum Gasteiger partial charge on any atom is -0.372 e. The van der Waals surface area contributed by atoms with Crippen molar-refractivity contribution in [1.82, 2.24) is 24.8 Å². The molecule has 178 valence electrons. The van der Waals surface area contributed by atoms with E-state index in [1.54, 1.807) is 12.1 Å². The first-order valence-corrected chi connectivity index (χ1v) is 11.7. The summed E-state index contributed by atoms with van der Waals surface area (Å²) < 4.78 is 22.4. The van der Waals surface area contributed by atoms with E-state index in [2.05, 4.69) is 34.3 Å². The smallest absolute Gasteiger partial charge is 0.163 e. The Morgan fingerprint density at radius 1 is 1.15 bits per heavy atom. The highest BCUT2D eigenvalue weighted by atomic mass is 35.5. The lowest BCUT2D eigenvalue weighted by Gasteiger charge is -2.36. The van der Waals surface area contributed by atoms with Gasteiger partial charge in [0.2, 0.25) is 0 Å². The average molecular weight is 484 g/mol. The molecule has 10 heteroatoms. The van der Waals surface area contributed by atoms with Crippen LogP contribution in [0, 0.1) is 19.7 Å². The van der Waals surface area contributed by atoms with Gasteiger partial charge in [0.15, 0.2) is 11.5 Å². The molecule has 2 N–H and O–H groups in total. The van der Waals surface area contributed by atoms with Crippen molar-refractivity contribution in [2.24, 2.45) is 0 Å². The number of anilines is 3. The lowest BCUT2D eigenvalue weighted by molar-refractivity contribution is -0.00557. The fraction of sp³-hybridized carbons (Fsp3) is 0.375. The van der Waals surface area contributed by atoms with Gasteiger partial charge in [-0.15, -0.1) is 0 Å². The molecule has 2 atom stereocenters. The molecule has 34 heavy (non-hydrogen) atoms. The highest BCUT2D eigenvalue weighted by Gasteiger charge is 2.26. The Labute approximate surface area is 202 Å². The number of nitrogens with zero attached hydrogens (tertiary/aromatic N) is 5. The minimum atomic E-state index is -0.344. The lowest BCUT2D eigenvalue weighted by atomic mass is 10.0. The number of aryl methyl sites for hydroxylation is 2. The fourth-order valence-electron chi connectivity index (χ4n) is 4.48. The van der Waals surface area contributed by atoms with Crippen molar-refractivity contribution in [3.63, 3.8) is 0 Å². The number of aromatic amines is 1. The van der Waals surface area contributed by atoms with Crippen molar-refractivity contribution in [3.8, 4) is 0 Å². The number of fused-ring (bicyclic) bond motifs is 1. The Kier molecular flexibility index (Phi) is 5.91. The number of ether oxygens (including phenoxy) is 1. The number of hydrogen-bond acceptors (Lipinski definition) is 6. The monoisotopic (exact) mass is 483 g/mol. The molecule has 4 heterocycles. The van der Waals surface area contributed by atoms with Crippen LogP contribution in [0.2, 0.25) is 5.02 Å². The van der Waals surface area contributed by atoms with Crippen LogP contribution in [0.1, 0.15) is 36.4 Å². The SMILES string of the molecule is Cc1cc(Nc2cc(N3C[C@@H](C)O[C@@H](C)C3)n3nc(C)c(Cc4ccc(Cl)cc4F)c3n2)n[nH]1. The highest BCUT2D eigenvalue weighted by molar-refractivity contribution is 6.30. The van der Waals surface area contributed by atoms with Gasteiger partial charge in [-0.2, -0.15) is 14.7 Å². The molecule has 1 saturated heterocycles. The second kappa shape index (κ2) is 8.88. The number of hydrogen-bond donors (Lipinski definition) is 2. The van der Waals surface area contributed by atoms with Crippen LogP contribution in [0.15, 0.2) is 30.3 Å². The summed E-state index contributed by atoms with van der Waals surface area (Å²) in [5.41, 5.74) is 3.81. The van der Waals surface area contributed by atoms with Gasteiger partial charge < -0.3 is 15.0 Å². The Bertz CT molecular complexity index is 1340. The van der Waals surface area contributed by atoms with Gasteiger partial charge in [-0.05, 0) is 45.4 Å². The summed E-state index contributed by atoms with van der Waals surface area (Å²) in [6, 6.07) is 8.63. The summed E-state index contributed by atoms with van der Waals surface area (Å²) in [6.45, 7) is 9.45. The van der Waals surface area contributed by atoms with Crippen LogP contribution in [-0.2, 0) is 11.2 Å². The van der Waals surface area contributed by atoms with Crippen molar-refractivity contribution in [2.75, 3.05) is 23.3 Å². The van der Waals surface area contributed by atoms with Crippen LogP contribution in [0.3, 0.4) is 0 Å². The molecule has 0 bridgehead atoms. The molecule has 4 aromatic rings. The molecule has 0 unspecified atom stereocenters. The summed E-state index contributed by atoms with van der Waals surface area (Å²) in [7, 11) is 0. The maximum atomic E-state index is 14.6. The van der Waals surface area contributed by atoms with E-state index in [4.69, 9.17) is 26.4 Å². The fourth-order valence-corrected chi connectivity index (χ4v) is 4.64. The molecule has 5 rings (SSSR count). The largest absolute Gasteiger partial charge is 0.372 e. The second-order valence-corrected chi connectivity index (χ2v) is 9.37. The molecule has 8 nitrogen and oxygen atoms in total. The normalized spacial score (nSPS) is 18.6. The Morgan fingerprint density at radius 2 is 1.91 bits per heavy atom. The van der Waals surface area contributed by atoms with Crippen LogP contribution in [0.4, 0.5) is 21.8 Å². The van der Waals surface area contributed by atoms with E-state index in [1.807, 2.05) is 30.5 Å². The van der Waals surface area contributed by atoms with Gasteiger partial charge in [0.1, 0.15) is 17.5 Å². The molecular formula is C24H27ClFN7O. The van der Waals surface area contributed by atoms with Gasteiger partial charge in [0, 0.05) is 47.9 Å². The van der Waals surface area contributed by atoms with Gasteiger partial charge >= 0.3 is 0 Å². The predicted molar refractivity (Wildman–Crippen MR) is 131 cm³/mol. The number of benzene rings is 1. The third-order valence-corrected chi connectivity index (χ3v) is 6.19. The van der Waals surface area contributed by atoms with E-state index in [-0.39, 0.29) is 18.0 Å². The zero-order valence-electron chi connectivity index (χ0n) is 19.6. The minimum absolute atomic E-state index is 0.0802. The summed E-state index contributed by atoms with van der Waals surface area (Å²) in [5, 5.41) is 15.7. The number of morpholine rings is 1. The van der Waals surface area contributed by atoms with Crippen LogP contribution in [0.5, 0.6) is 0 Å². The Balaban J connectivity index is 1.63. The topological polar surface area (TPSA) is 83.4 Å². The summed E-state index contributed by atoms with van der Waals surface area (Å²) in [5.74, 6) is 1.86. The van der Waals surface area contributed by atoms with Crippen molar-refractivity contribution in [3.05, 3.63) is 63.7 Å². The lowest BCUT2D eigenvalue weighted by Crippen LogP contribution is -2.46. The zero-order valence-corrected chi connectivity index (χ0v) is 20.3. The van der Waals surface area contributed by atoms with Crippen LogP contribution in [-0.4, -0.2) is 50.1 Å². The molecule has 1 aliphatic rings. The van der Waals surface area contributed by atoms with Crippen molar-refractivity contribution >= 4 is 34.7 Å². The van der Waals surface area contributed by atoms with E-state index in [0.29, 0.717) is 34.3 Å². The number of halogens is 2. The zero-order chi connectivity index (χ0) is 24.0. The molecule has 0 amide bonds. The van der Waals surface area contributed by atoms with Crippen molar-refractivity contribution in [2.45, 2.75) is 46.3 Å². The third kappa shape index (κ3) is 4.45. The van der Waals surface area contributed by atoms with Crippen molar-refractivity contribution < 1.29 is 9.13 Å². The maximum absolute atomic E-state index is 14.6. The quantitative estimate of drug-likeness (QED) is 0.424. The summed E-state index contributed by atoms with van der Waals surface area (Å²) in [4.78, 5) is 7.12. The van der Waals surface area contributed by atoms with Crippen molar-refractivity contribution in [1.29, 1.82) is 0 Å². The number of nitrogens with one attached hydrogen (secondary N) is 2. The molecule has 0 radical (unpaired) electrons. The van der Waals surface area contributed by atoms with Crippen LogP contribution < -0.4 is 10.2 Å². The van der Waals surface area contributed by atoms with E-state index < -0.39 is 0 Å². The van der Waals surface area contributed by atoms with E-state index >= 15 is 0 Å². The third-order valence-electron chi connectivity index (χ3n) is 5.95. The number of aromatic nitrogens is 5. The van der Waals surface area contributed by atoms with Gasteiger partial charge in [0.05, 0.1) is 17.9 Å². The Morgan fingerprint density at radius 3 is 2.59 bits per heavy atom. The molecule has 0 saturated carbocycles. The summed E-state index contributed by atoms with van der Waals surface area (Å²) >= 11 is 5.95. The molecule has 1 aromatic carbocycles. The number of H-pyrrole nitrogens is 1. The molecular weight excluding hydrogens is 457 g/mol. The second-order valence-electron chi connectivity index (χ2n) is 8.93. The number of rotatable bonds is 5. The first-order chi connectivity index (χ1) is 16.3. The molecule has 0 aliphatic carbocycles. The maximum Gasteiger partial charge on any atom is 0.163 e. The molecule has 0 spiro atoms. The molecule has 1 fully saturated rings. The first kappa shape index (κ1) is 22.6. The molecule has 3 aromatic heterocycles. The van der Waals surface area contributed by atoms with Gasteiger partial charge in [0.25, 0.3) is 0 Å². The average Bonchev–Trinajstić information content (AvgIpc) is 3.31. The van der Waals surface area contributed by atoms with E-state index in [9.17, 15) is 4.39 Å². The van der Waals surface area contributed by atoms with E-state index in [1.165, 1.54) is 6.07 Å². The van der Waals surface area contributed by atoms with Crippen LogP contribution >= 0.6 is 11.6 Å². The predicted octanol–water partition coefficient (Wildman–Crippen LogP) is 4.81. The Hall–Kier alpha value is -3.17. The van der Waals surface area contributed by atoms with Gasteiger partial charge in [-0.3, -0.25) is 5.10 Å². The standard InChI is InChI=1S/C24H27ClFN7O/c1-13-7-22(30-29-13)27-21-10-23(32-11-14(2)34-15(3)12-32)33-24(28-21)19(16(4)31-33)8-17-5-6-18(25)9-20(17)26/h5-7,9-10,14-15H,8,11-12H2,1-4H3,(H2,27,28,29,30)/t14-,15+. The van der Waals surface area contributed by atoms with Gasteiger partial charge in [-0.1, -0.05) is 17.7 Å². The molecule has 1 aliphatic heterocycles. The van der Waals surface area contributed by atoms with E-state index in [0.717, 1.165) is 35.9 Å². The highest BCUT2D eigenvalue weighted by Crippen LogP contribution is 2.29. The summed E-state index contributed by atoms with van der Waals surface area (Å²) in [6.07, 6.45) is 0.513. The first-order valence-electron chi connectivity index (χ1n) is 11.3.